The Morgan fingerprint density at radius 2 is 1.32 bits per heavy atom. The summed E-state index contributed by atoms with van der Waals surface area (Å²) in [5.41, 5.74) is 3.14. The van der Waals surface area contributed by atoms with Gasteiger partial charge in [0.15, 0.2) is 0 Å². The second-order valence-corrected chi connectivity index (χ2v) is 6.99. The minimum Gasteiger partial charge on any atom is -0.341 e. The number of likely N-dealkylation sites (N-methyl/N-ethyl adjacent to an activating group) is 1. The van der Waals surface area contributed by atoms with Crippen LogP contribution >= 0.6 is 15.9 Å². The SMILES string of the molecule is CN(Cc1ccc(Br)cc1)C(=O)C(c1ccccc1)c1ccccc1. The van der Waals surface area contributed by atoms with Crippen molar-refractivity contribution in [3.05, 3.63) is 106 Å². The Balaban J connectivity index is 1.87. The van der Waals surface area contributed by atoms with Crippen molar-refractivity contribution in [2.45, 2.75) is 12.5 Å². The van der Waals surface area contributed by atoms with Gasteiger partial charge in [-0.1, -0.05) is 88.7 Å². The molecule has 0 unspecified atom stereocenters. The molecular formula is C22H20BrNO. The van der Waals surface area contributed by atoms with Crippen LogP contribution in [-0.4, -0.2) is 17.9 Å². The molecule has 0 atom stereocenters. The Morgan fingerprint density at radius 3 is 1.80 bits per heavy atom. The van der Waals surface area contributed by atoms with Gasteiger partial charge in [-0.05, 0) is 28.8 Å². The molecule has 25 heavy (non-hydrogen) atoms. The zero-order valence-electron chi connectivity index (χ0n) is 14.1. The molecule has 0 heterocycles. The molecule has 0 N–H and O–H groups in total. The summed E-state index contributed by atoms with van der Waals surface area (Å²) in [6.07, 6.45) is 0. The molecule has 0 fully saturated rings. The van der Waals surface area contributed by atoms with Crippen LogP contribution in [0.2, 0.25) is 0 Å². The molecule has 0 saturated carbocycles. The topological polar surface area (TPSA) is 20.3 Å². The van der Waals surface area contributed by atoms with Crippen LogP contribution in [0.25, 0.3) is 0 Å². The third-order valence-corrected chi connectivity index (χ3v) is 4.75. The number of carbonyl (C=O) groups excluding carboxylic acids is 1. The molecular weight excluding hydrogens is 374 g/mol. The highest BCUT2D eigenvalue weighted by molar-refractivity contribution is 9.10. The van der Waals surface area contributed by atoms with E-state index in [-0.39, 0.29) is 11.8 Å². The van der Waals surface area contributed by atoms with Gasteiger partial charge in [0.2, 0.25) is 5.91 Å². The van der Waals surface area contributed by atoms with E-state index in [2.05, 4.69) is 15.9 Å². The number of rotatable bonds is 5. The zero-order valence-corrected chi connectivity index (χ0v) is 15.7. The Hall–Kier alpha value is -2.39. The quantitative estimate of drug-likeness (QED) is 0.580. The number of benzene rings is 3. The summed E-state index contributed by atoms with van der Waals surface area (Å²) >= 11 is 3.44. The lowest BCUT2D eigenvalue weighted by atomic mass is 9.90. The fraction of sp³-hybridized carbons (Fsp3) is 0.136. The van der Waals surface area contributed by atoms with E-state index < -0.39 is 0 Å². The smallest absolute Gasteiger partial charge is 0.234 e. The maximum absolute atomic E-state index is 13.2. The zero-order chi connectivity index (χ0) is 17.6. The first-order valence-electron chi connectivity index (χ1n) is 8.24. The molecule has 3 aromatic carbocycles. The average molecular weight is 394 g/mol. The molecule has 0 aromatic heterocycles. The highest BCUT2D eigenvalue weighted by atomic mass is 79.9. The van der Waals surface area contributed by atoms with Crippen LogP contribution in [0.3, 0.4) is 0 Å². The largest absolute Gasteiger partial charge is 0.341 e. The molecule has 0 aliphatic heterocycles. The fourth-order valence-corrected chi connectivity index (χ4v) is 3.19. The van der Waals surface area contributed by atoms with Crippen molar-refractivity contribution in [3.63, 3.8) is 0 Å². The van der Waals surface area contributed by atoms with Gasteiger partial charge in [-0.15, -0.1) is 0 Å². The molecule has 126 valence electrons. The molecule has 3 aromatic rings. The van der Waals surface area contributed by atoms with E-state index in [0.29, 0.717) is 6.54 Å². The highest BCUT2D eigenvalue weighted by Crippen LogP contribution is 2.27. The Labute approximate surface area is 157 Å². The normalized spacial score (nSPS) is 10.7. The summed E-state index contributed by atoms with van der Waals surface area (Å²) in [4.78, 5) is 15.0. The predicted octanol–water partition coefficient (Wildman–Crippen LogP) is 5.24. The lowest BCUT2D eigenvalue weighted by Crippen LogP contribution is -2.32. The standard InChI is InChI=1S/C22H20BrNO/c1-24(16-17-12-14-20(23)15-13-17)22(25)21(18-8-4-2-5-9-18)19-10-6-3-7-11-19/h2-15,21H,16H2,1H3. The molecule has 0 radical (unpaired) electrons. The number of carbonyl (C=O) groups is 1. The average Bonchev–Trinajstić information content (AvgIpc) is 2.65. The van der Waals surface area contributed by atoms with Crippen molar-refractivity contribution in [2.75, 3.05) is 7.05 Å². The number of halogens is 1. The third kappa shape index (κ3) is 4.37. The first kappa shape index (κ1) is 17.4. The van der Waals surface area contributed by atoms with Crippen molar-refractivity contribution in [3.8, 4) is 0 Å². The first-order chi connectivity index (χ1) is 12.1. The first-order valence-corrected chi connectivity index (χ1v) is 9.04. The lowest BCUT2D eigenvalue weighted by molar-refractivity contribution is -0.131. The minimum atomic E-state index is -0.289. The van der Waals surface area contributed by atoms with Gasteiger partial charge in [-0.3, -0.25) is 4.79 Å². The van der Waals surface area contributed by atoms with Gasteiger partial charge >= 0.3 is 0 Å². The second kappa shape index (κ2) is 8.13. The number of hydrogen-bond donors (Lipinski definition) is 0. The van der Waals surface area contributed by atoms with Gasteiger partial charge in [-0.25, -0.2) is 0 Å². The molecule has 0 bridgehead atoms. The molecule has 0 aliphatic rings. The molecule has 1 amide bonds. The van der Waals surface area contributed by atoms with Gasteiger partial charge in [0.1, 0.15) is 0 Å². The van der Waals surface area contributed by atoms with Crippen LogP contribution in [0.15, 0.2) is 89.4 Å². The Kier molecular flexibility index (Phi) is 5.67. The van der Waals surface area contributed by atoms with E-state index in [9.17, 15) is 4.79 Å². The van der Waals surface area contributed by atoms with Gasteiger partial charge < -0.3 is 4.90 Å². The predicted molar refractivity (Wildman–Crippen MR) is 105 cm³/mol. The summed E-state index contributed by atoms with van der Waals surface area (Å²) in [6, 6.07) is 28.0. The van der Waals surface area contributed by atoms with E-state index in [0.717, 1.165) is 21.2 Å². The van der Waals surface area contributed by atoms with E-state index in [4.69, 9.17) is 0 Å². The van der Waals surface area contributed by atoms with Crippen molar-refractivity contribution >= 4 is 21.8 Å². The van der Waals surface area contributed by atoms with Crippen molar-refractivity contribution < 1.29 is 4.79 Å². The van der Waals surface area contributed by atoms with Crippen LogP contribution in [0.4, 0.5) is 0 Å². The molecule has 3 heteroatoms. The summed E-state index contributed by atoms with van der Waals surface area (Å²) in [5, 5.41) is 0. The lowest BCUT2D eigenvalue weighted by Gasteiger charge is -2.25. The monoisotopic (exact) mass is 393 g/mol. The van der Waals surface area contributed by atoms with Gasteiger partial charge in [-0.2, -0.15) is 0 Å². The van der Waals surface area contributed by atoms with Gasteiger partial charge in [0.25, 0.3) is 0 Å². The van der Waals surface area contributed by atoms with Crippen molar-refractivity contribution in [2.24, 2.45) is 0 Å². The van der Waals surface area contributed by atoms with Gasteiger partial charge in [0.05, 0.1) is 5.92 Å². The second-order valence-electron chi connectivity index (χ2n) is 6.08. The molecule has 0 spiro atoms. The highest BCUT2D eigenvalue weighted by Gasteiger charge is 2.25. The Bertz CT molecular complexity index is 776. The van der Waals surface area contributed by atoms with E-state index >= 15 is 0 Å². The summed E-state index contributed by atoms with van der Waals surface area (Å²) < 4.78 is 1.04. The minimum absolute atomic E-state index is 0.0975. The van der Waals surface area contributed by atoms with Gasteiger partial charge in [0, 0.05) is 18.1 Å². The van der Waals surface area contributed by atoms with Crippen molar-refractivity contribution in [1.29, 1.82) is 0 Å². The maximum Gasteiger partial charge on any atom is 0.234 e. The third-order valence-electron chi connectivity index (χ3n) is 4.22. The van der Waals surface area contributed by atoms with E-state index in [1.165, 1.54) is 0 Å². The summed E-state index contributed by atoms with van der Waals surface area (Å²) in [5.74, 6) is -0.192. The fourth-order valence-electron chi connectivity index (χ4n) is 2.93. The molecule has 3 rings (SSSR count). The van der Waals surface area contributed by atoms with Crippen molar-refractivity contribution in [1.82, 2.24) is 4.90 Å². The summed E-state index contributed by atoms with van der Waals surface area (Å²) in [6.45, 7) is 0.586. The van der Waals surface area contributed by atoms with Crippen LogP contribution < -0.4 is 0 Å². The number of amides is 1. The van der Waals surface area contributed by atoms with Crippen LogP contribution in [0.1, 0.15) is 22.6 Å². The van der Waals surface area contributed by atoms with E-state index in [1.54, 1.807) is 4.90 Å². The molecule has 0 saturated heterocycles. The maximum atomic E-state index is 13.2. The van der Waals surface area contributed by atoms with Crippen LogP contribution in [-0.2, 0) is 11.3 Å². The van der Waals surface area contributed by atoms with Crippen LogP contribution in [0.5, 0.6) is 0 Å². The summed E-state index contributed by atoms with van der Waals surface area (Å²) in [7, 11) is 1.86. The number of nitrogens with zero attached hydrogens (tertiary/aromatic N) is 1. The molecule has 0 aliphatic carbocycles. The van der Waals surface area contributed by atoms with E-state index in [1.807, 2.05) is 92.0 Å². The Morgan fingerprint density at radius 1 is 0.840 bits per heavy atom. The van der Waals surface area contributed by atoms with Crippen LogP contribution in [0, 0.1) is 0 Å². The number of hydrogen-bond acceptors (Lipinski definition) is 1. The molecule has 2 nitrogen and oxygen atoms in total.